The third-order valence-electron chi connectivity index (χ3n) is 4.14. The number of amides is 2. The van der Waals surface area contributed by atoms with Gasteiger partial charge in [-0.15, -0.1) is 0 Å². The molecule has 4 nitrogen and oxygen atoms in total. The predicted octanol–water partition coefficient (Wildman–Crippen LogP) is 4.17. The van der Waals surface area contributed by atoms with Crippen LogP contribution in [0, 0.1) is 0 Å². The molecule has 1 aliphatic carbocycles. The second-order valence-electron chi connectivity index (χ2n) is 5.88. The number of pyridine rings is 1. The summed E-state index contributed by atoms with van der Waals surface area (Å²) in [5.74, 6) is 0. The molecule has 0 saturated heterocycles. The molecule has 1 fully saturated rings. The van der Waals surface area contributed by atoms with Gasteiger partial charge in [0.1, 0.15) is 0 Å². The molecule has 1 heterocycles. The molecule has 2 amide bonds. The number of halogens is 1. The van der Waals surface area contributed by atoms with Crippen LogP contribution in [0.4, 0.5) is 4.79 Å². The highest BCUT2D eigenvalue weighted by atomic mass is 35.5. The van der Waals surface area contributed by atoms with E-state index in [4.69, 9.17) is 11.6 Å². The van der Waals surface area contributed by atoms with Gasteiger partial charge in [-0.25, -0.2) is 4.79 Å². The fraction of sp³-hybridized carbons (Fsp3) is 0.333. The first-order chi connectivity index (χ1) is 11.1. The van der Waals surface area contributed by atoms with Crippen molar-refractivity contribution in [2.24, 2.45) is 0 Å². The molecule has 1 aromatic heterocycles. The van der Waals surface area contributed by atoms with Gasteiger partial charge in [-0.3, -0.25) is 4.98 Å². The van der Waals surface area contributed by atoms with Crippen LogP contribution in [0.5, 0.6) is 0 Å². The topological polar surface area (TPSA) is 45.2 Å². The molecule has 0 spiro atoms. The molecule has 0 radical (unpaired) electrons. The maximum atomic E-state index is 12.7. The van der Waals surface area contributed by atoms with Gasteiger partial charge in [0.05, 0.1) is 6.04 Å². The first kappa shape index (κ1) is 15.8. The van der Waals surface area contributed by atoms with E-state index in [1.165, 1.54) is 0 Å². The van der Waals surface area contributed by atoms with E-state index in [-0.39, 0.29) is 12.1 Å². The van der Waals surface area contributed by atoms with Gasteiger partial charge in [-0.05, 0) is 55.2 Å². The highest BCUT2D eigenvalue weighted by Gasteiger charge is 2.36. The van der Waals surface area contributed by atoms with Gasteiger partial charge in [-0.2, -0.15) is 0 Å². The average Bonchev–Trinajstić information content (AvgIpc) is 3.39. The third kappa shape index (κ3) is 4.02. The van der Waals surface area contributed by atoms with Crippen LogP contribution in [0.25, 0.3) is 0 Å². The summed E-state index contributed by atoms with van der Waals surface area (Å²) in [6, 6.07) is 11.9. The zero-order chi connectivity index (χ0) is 16.2. The monoisotopic (exact) mass is 329 g/mol. The number of hydrogen-bond donors (Lipinski definition) is 1. The molecular weight excluding hydrogens is 310 g/mol. The molecule has 2 aromatic rings. The summed E-state index contributed by atoms with van der Waals surface area (Å²) < 4.78 is 0. The van der Waals surface area contributed by atoms with Crippen LogP contribution >= 0.6 is 11.6 Å². The Kier molecular flexibility index (Phi) is 4.82. The Balaban J connectivity index is 1.68. The first-order valence-corrected chi connectivity index (χ1v) is 8.23. The smallest absolute Gasteiger partial charge is 0.318 e. The summed E-state index contributed by atoms with van der Waals surface area (Å²) in [5, 5.41) is 3.72. The van der Waals surface area contributed by atoms with E-state index in [1.807, 2.05) is 41.3 Å². The number of aromatic nitrogens is 1. The maximum absolute atomic E-state index is 12.7. The number of benzene rings is 1. The average molecular weight is 330 g/mol. The Morgan fingerprint density at radius 3 is 2.52 bits per heavy atom. The highest BCUT2D eigenvalue weighted by Crippen LogP contribution is 2.34. The van der Waals surface area contributed by atoms with Crippen molar-refractivity contribution in [3.63, 3.8) is 0 Å². The van der Waals surface area contributed by atoms with E-state index in [0.29, 0.717) is 17.6 Å². The standard InChI is InChI=1S/C18H20ClN3O/c1-13(15-2-4-16(19)5-3-15)22(17-6-7-17)18(23)21-12-14-8-10-20-11-9-14/h2-5,8-11,13,17H,6-7,12H2,1H3,(H,21,23). The minimum absolute atomic E-state index is 0.0215. The minimum atomic E-state index is -0.0215. The van der Waals surface area contributed by atoms with Crippen molar-refractivity contribution >= 4 is 17.6 Å². The van der Waals surface area contributed by atoms with Crippen LogP contribution in [0.3, 0.4) is 0 Å². The summed E-state index contributed by atoms with van der Waals surface area (Å²) in [7, 11) is 0. The predicted molar refractivity (Wildman–Crippen MR) is 91.2 cm³/mol. The number of carbonyl (C=O) groups excluding carboxylic acids is 1. The lowest BCUT2D eigenvalue weighted by molar-refractivity contribution is 0.174. The van der Waals surface area contributed by atoms with Crippen molar-refractivity contribution in [3.05, 3.63) is 64.9 Å². The van der Waals surface area contributed by atoms with Crippen LogP contribution in [-0.2, 0) is 6.54 Å². The van der Waals surface area contributed by atoms with Crippen molar-refractivity contribution in [2.75, 3.05) is 0 Å². The first-order valence-electron chi connectivity index (χ1n) is 7.85. The largest absolute Gasteiger partial charge is 0.334 e. The quantitative estimate of drug-likeness (QED) is 0.894. The van der Waals surface area contributed by atoms with E-state index in [2.05, 4.69) is 17.2 Å². The fourth-order valence-electron chi connectivity index (χ4n) is 2.68. The van der Waals surface area contributed by atoms with Crippen LogP contribution in [0.2, 0.25) is 5.02 Å². The zero-order valence-electron chi connectivity index (χ0n) is 13.1. The van der Waals surface area contributed by atoms with Crippen LogP contribution < -0.4 is 5.32 Å². The van der Waals surface area contributed by atoms with Crippen molar-refractivity contribution < 1.29 is 4.79 Å². The van der Waals surface area contributed by atoms with Gasteiger partial charge < -0.3 is 10.2 Å². The SMILES string of the molecule is CC(c1ccc(Cl)cc1)N(C(=O)NCc1ccncc1)C1CC1. The Labute approximate surface area is 141 Å². The molecular formula is C18H20ClN3O. The lowest BCUT2D eigenvalue weighted by atomic mass is 10.1. The molecule has 3 rings (SSSR count). The minimum Gasteiger partial charge on any atom is -0.334 e. The Bertz CT molecular complexity index is 656. The lowest BCUT2D eigenvalue weighted by Gasteiger charge is -2.30. The highest BCUT2D eigenvalue weighted by molar-refractivity contribution is 6.30. The molecule has 120 valence electrons. The number of carbonyl (C=O) groups is 1. The summed E-state index contributed by atoms with van der Waals surface area (Å²) in [6.07, 6.45) is 5.61. The van der Waals surface area contributed by atoms with Gasteiger partial charge in [0, 0.05) is 30.0 Å². The molecule has 23 heavy (non-hydrogen) atoms. The molecule has 1 saturated carbocycles. The Morgan fingerprint density at radius 1 is 1.26 bits per heavy atom. The van der Waals surface area contributed by atoms with Crippen molar-refractivity contribution in [2.45, 2.75) is 38.4 Å². The van der Waals surface area contributed by atoms with Crippen LogP contribution in [-0.4, -0.2) is 22.0 Å². The molecule has 0 aliphatic heterocycles. The van der Waals surface area contributed by atoms with E-state index in [0.717, 1.165) is 24.0 Å². The maximum Gasteiger partial charge on any atom is 0.318 e. The van der Waals surface area contributed by atoms with E-state index in [9.17, 15) is 4.79 Å². The number of rotatable bonds is 5. The zero-order valence-corrected chi connectivity index (χ0v) is 13.8. The molecule has 1 atom stereocenters. The summed E-state index contributed by atoms with van der Waals surface area (Å²) in [5.41, 5.74) is 2.14. The number of nitrogens with one attached hydrogen (secondary N) is 1. The van der Waals surface area contributed by atoms with Crippen molar-refractivity contribution in [1.82, 2.24) is 15.2 Å². The number of urea groups is 1. The molecule has 1 aliphatic rings. The van der Waals surface area contributed by atoms with Gasteiger partial charge in [0.15, 0.2) is 0 Å². The van der Waals surface area contributed by atoms with Gasteiger partial charge in [-0.1, -0.05) is 23.7 Å². The lowest BCUT2D eigenvalue weighted by Crippen LogP contribution is -2.42. The van der Waals surface area contributed by atoms with Crippen molar-refractivity contribution in [1.29, 1.82) is 0 Å². The third-order valence-corrected chi connectivity index (χ3v) is 4.39. The molecule has 0 bridgehead atoms. The summed E-state index contributed by atoms with van der Waals surface area (Å²) >= 11 is 5.95. The van der Waals surface area contributed by atoms with Gasteiger partial charge in [0.25, 0.3) is 0 Å². The van der Waals surface area contributed by atoms with Crippen LogP contribution in [0.15, 0.2) is 48.8 Å². The van der Waals surface area contributed by atoms with Crippen molar-refractivity contribution in [3.8, 4) is 0 Å². The van der Waals surface area contributed by atoms with E-state index < -0.39 is 0 Å². The summed E-state index contributed by atoms with van der Waals surface area (Å²) in [6.45, 7) is 2.57. The van der Waals surface area contributed by atoms with Gasteiger partial charge in [0.2, 0.25) is 0 Å². The Morgan fingerprint density at radius 2 is 1.91 bits per heavy atom. The molecule has 1 N–H and O–H groups in total. The van der Waals surface area contributed by atoms with Crippen LogP contribution in [0.1, 0.15) is 36.9 Å². The fourth-order valence-corrected chi connectivity index (χ4v) is 2.81. The second kappa shape index (κ2) is 7.01. The van der Waals surface area contributed by atoms with E-state index >= 15 is 0 Å². The normalized spacial score (nSPS) is 15.0. The second-order valence-corrected chi connectivity index (χ2v) is 6.32. The Hall–Kier alpha value is -2.07. The number of nitrogens with zero attached hydrogens (tertiary/aromatic N) is 2. The molecule has 5 heteroatoms. The van der Waals surface area contributed by atoms with Gasteiger partial charge >= 0.3 is 6.03 Å². The molecule has 1 aromatic carbocycles. The summed E-state index contributed by atoms with van der Waals surface area (Å²) in [4.78, 5) is 18.6. The molecule has 1 unspecified atom stereocenters. The number of hydrogen-bond acceptors (Lipinski definition) is 2. The van der Waals surface area contributed by atoms with E-state index in [1.54, 1.807) is 12.4 Å².